The van der Waals surface area contributed by atoms with Crippen LogP contribution in [-0.2, 0) is 17.1 Å². The quantitative estimate of drug-likeness (QED) is 0.0395. The van der Waals surface area contributed by atoms with Crippen LogP contribution in [0, 0.1) is 0 Å². The molecule has 49 heavy (non-hydrogen) atoms. The van der Waals surface area contributed by atoms with E-state index in [0.29, 0.717) is 11.5 Å². The summed E-state index contributed by atoms with van der Waals surface area (Å²) in [4.78, 5) is 0. The molecule has 0 heterocycles. The maximum Gasteiger partial charge on any atom is 2.00 e. The van der Waals surface area contributed by atoms with Crippen LogP contribution in [0.5, 0.6) is 0 Å². The van der Waals surface area contributed by atoms with Crippen LogP contribution in [0.15, 0.2) is 71.3 Å². The van der Waals surface area contributed by atoms with Crippen molar-refractivity contribution in [1.82, 2.24) is 0 Å². The second-order valence-electron chi connectivity index (χ2n) is 14.6. The molecule has 0 bridgehead atoms. The third-order valence-corrected chi connectivity index (χ3v) is 9.98. The van der Waals surface area contributed by atoms with Gasteiger partial charge in [-0.05, 0) is 24.0 Å². The van der Waals surface area contributed by atoms with Gasteiger partial charge in [0.2, 0.25) is 0 Å². The molecule has 0 radical (unpaired) electrons. The van der Waals surface area contributed by atoms with Crippen molar-refractivity contribution in [2.24, 2.45) is 0 Å². The Morgan fingerprint density at radius 2 is 0.510 bits per heavy atom. The van der Waals surface area contributed by atoms with E-state index >= 15 is 0 Å². The smallest absolute Gasteiger partial charge is 0.875 e. The molecule has 282 valence electrons. The molecule has 0 aromatic carbocycles. The summed E-state index contributed by atoms with van der Waals surface area (Å²) < 4.78 is 0. The maximum atomic E-state index is 11.8. The summed E-state index contributed by atoms with van der Waals surface area (Å²) in [5.74, 6) is 0.629. The van der Waals surface area contributed by atoms with E-state index in [0.717, 1.165) is 36.8 Å². The average molecular weight is 719 g/mol. The van der Waals surface area contributed by atoms with Crippen LogP contribution in [0.4, 0.5) is 0 Å². The normalized spacial score (nSPS) is 12.9. The molecule has 0 N–H and O–H groups in total. The van der Waals surface area contributed by atoms with Crippen LogP contribution >= 0.6 is 0 Å². The Balaban J connectivity index is 0.000000922. The largest absolute Gasteiger partial charge is 2.00 e. The van der Waals surface area contributed by atoms with Gasteiger partial charge in [-0.15, -0.1) is 11.5 Å². The van der Waals surface area contributed by atoms with Gasteiger partial charge in [-0.1, -0.05) is 255 Å². The zero-order chi connectivity index (χ0) is 34.6. The summed E-state index contributed by atoms with van der Waals surface area (Å²) >= 11 is 0. The van der Waals surface area contributed by atoms with Gasteiger partial charge in [0.1, 0.15) is 0 Å². The molecule has 0 aromatic rings. The third kappa shape index (κ3) is 31.1. The van der Waals surface area contributed by atoms with Gasteiger partial charge in [-0.2, -0.15) is 0 Å². The fourth-order valence-electron chi connectivity index (χ4n) is 6.72. The first-order chi connectivity index (χ1) is 23.7. The molecule has 0 amide bonds. The van der Waals surface area contributed by atoms with Gasteiger partial charge < -0.3 is 10.2 Å². The molecule has 3 heteroatoms. The SMILES string of the molecule is CCCCCCCCCCCCCCCCCC([O-])=C1C=CC=C1.CCCCCCCCCCCCCCCCCC([O-])=C1C=CC=C1.[Fe+2]. The van der Waals surface area contributed by atoms with Crippen LogP contribution in [0.1, 0.15) is 219 Å². The average Bonchev–Trinajstić information content (AvgIpc) is 3.84. The van der Waals surface area contributed by atoms with Crippen molar-refractivity contribution in [1.29, 1.82) is 0 Å². The van der Waals surface area contributed by atoms with Crippen molar-refractivity contribution in [2.45, 2.75) is 219 Å². The Kier molecular flexibility index (Phi) is 36.7. The Morgan fingerprint density at radius 1 is 0.327 bits per heavy atom. The van der Waals surface area contributed by atoms with Crippen LogP contribution in [0.3, 0.4) is 0 Å². The first kappa shape index (κ1) is 47.6. The molecule has 0 fully saturated rings. The van der Waals surface area contributed by atoms with E-state index in [1.807, 2.05) is 48.6 Å². The molecule has 2 aliphatic carbocycles. The third-order valence-electron chi connectivity index (χ3n) is 9.98. The molecule has 2 nitrogen and oxygen atoms in total. The van der Waals surface area contributed by atoms with E-state index in [9.17, 15) is 10.2 Å². The second kappa shape index (κ2) is 37.8. The maximum absolute atomic E-state index is 11.8. The minimum Gasteiger partial charge on any atom is -0.875 e. The van der Waals surface area contributed by atoms with Gasteiger partial charge in [-0.3, -0.25) is 0 Å². The zero-order valence-corrected chi connectivity index (χ0v) is 33.5. The molecule has 0 unspecified atom stereocenters. The first-order valence-corrected chi connectivity index (χ1v) is 21.2. The molecule has 2 rings (SSSR count). The molecule has 0 saturated carbocycles. The van der Waals surface area contributed by atoms with Crippen LogP contribution < -0.4 is 10.2 Å². The monoisotopic (exact) mass is 719 g/mol. The Hall–Kier alpha value is -1.44. The summed E-state index contributed by atoms with van der Waals surface area (Å²) in [6.07, 6.45) is 58.0. The molecule has 2 aliphatic rings. The van der Waals surface area contributed by atoms with Crippen molar-refractivity contribution in [3.63, 3.8) is 0 Å². The van der Waals surface area contributed by atoms with Gasteiger partial charge in [0.25, 0.3) is 0 Å². The molecule has 0 aliphatic heterocycles. The summed E-state index contributed by atoms with van der Waals surface area (Å²) in [6.45, 7) is 4.56. The molecular weight excluding hydrogens is 640 g/mol. The van der Waals surface area contributed by atoms with Gasteiger partial charge in [-0.25, -0.2) is 0 Å². The summed E-state index contributed by atoms with van der Waals surface area (Å²) in [6, 6.07) is 0. The standard InChI is InChI=1S/2C23H40O.Fe/c2*1-2-3-4-5-6-7-8-9-10-11-12-13-14-15-16-21-23(24)22-19-17-18-20-22;/h2*17-20,24H,2-16,21H2,1H3;/q;;+2/p-2. The van der Waals surface area contributed by atoms with Gasteiger partial charge >= 0.3 is 17.1 Å². The van der Waals surface area contributed by atoms with Crippen molar-refractivity contribution in [3.8, 4) is 0 Å². The predicted molar refractivity (Wildman–Crippen MR) is 210 cm³/mol. The van der Waals surface area contributed by atoms with E-state index in [2.05, 4.69) is 13.8 Å². The van der Waals surface area contributed by atoms with E-state index in [1.54, 1.807) is 0 Å². The van der Waals surface area contributed by atoms with E-state index in [-0.39, 0.29) is 17.1 Å². The summed E-state index contributed by atoms with van der Waals surface area (Å²) in [7, 11) is 0. The number of allylic oxidation sites excluding steroid dienone is 12. The van der Waals surface area contributed by atoms with E-state index in [1.165, 1.54) is 180 Å². The second-order valence-corrected chi connectivity index (χ2v) is 14.6. The fourth-order valence-corrected chi connectivity index (χ4v) is 6.72. The summed E-state index contributed by atoms with van der Waals surface area (Å²) in [5, 5.41) is 23.7. The fraction of sp³-hybridized carbons (Fsp3) is 0.739. The van der Waals surface area contributed by atoms with Crippen molar-refractivity contribution in [3.05, 3.63) is 71.3 Å². The van der Waals surface area contributed by atoms with Crippen molar-refractivity contribution >= 4 is 0 Å². The van der Waals surface area contributed by atoms with E-state index < -0.39 is 0 Å². The van der Waals surface area contributed by atoms with Gasteiger partial charge in [0.15, 0.2) is 0 Å². The first-order valence-electron chi connectivity index (χ1n) is 21.2. The topological polar surface area (TPSA) is 46.1 Å². The minimum absolute atomic E-state index is 0. The number of hydrogen-bond acceptors (Lipinski definition) is 2. The van der Waals surface area contributed by atoms with Crippen LogP contribution in [-0.4, -0.2) is 0 Å². The zero-order valence-electron chi connectivity index (χ0n) is 32.4. The number of unbranched alkanes of at least 4 members (excludes halogenated alkanes) is 28. The molecule has 0 aromatic heterocycles. The van der Waals surface area contributed by atoms with Crippen molar-refractivity contribution < 1.29 is 27.3 Å². The molecule has 0 saturated heterocycles. The Morgan fingerprint density at radius 3 is 0.714 bits per heavy atom. The van der Waals surface area contributed by atoms with E-state index in [4.69, 9.17) is 0 Å². The Labute approximate surface area is 316 Å². The molecular formula is C46H78FeO2. The van der Waals surface area contributed by atoms with Gasteiger partial charge in [0.05, 0.1) is 0 Å². The Bertz CT molecular complexity index is 804. The number of hydrogen-bond donors (Lipinski definition) is 0. The molecule has 0 atom stereocenters. The number of rotatable bonds is 32. The van der Waals surface area contributed by atoms with Crippen molar-refractivity contribution in [2.75, 3.05) is 0 Å². The summed E-state index contributed by atoms with van der Waals surface area (Å²) in [5.41, 5.74) is 1.78. The minimum atomic E-state index is 0. The molecule has 0 spiro atoms. The van der Waals surface area contributed by atoms with Crippen LogP contribution in [0.2, 0.25) is 0 Å². The predicted octanol–water partition coefficient (Wildman–Crippen LogP) is 14.0. The van der Waals surface area contributed by atoms with Crippen LogP contribution in [0.25, 0.3) is 0 Å². The van der Waals surface area contributed by atoms with Gasteiger partial charge in [0, 0.05) is 0 Å².